The molecule has 3 aromatic rings. The fourth-order valence-corrected chi connectivity index (χ4v) is 3.91. The molecule has 1 N–H and O–H groups in total. The van der Waals surface area contributed by atoms with Crippen LogP contribution in [0, 0.1) is 0 Å². The second kappa shape index (κ2) is 7.27. The Kier molecular flexibility index (Phi) is 4.46. The summed E-state index contributed by atoms with van der Waals surface area (Å²) in [6.07, 6.45) is 5.10. The van der Waals surface area contributed by atoms with Crippen LogP contribution in [-0.4, -0.2) is 42.1 Å². The fourth-order valence-electron chi connectivity index (χ4n) is 3.91. The summed E-state index contributed by atoms with van der Waals surface area (Å²) in [5, 5.41) is 8.83. The number of nitrogens with one attached hydrogen (secondary N) is 1. The molecular formula is C21H22N6O2. The Morgan fingerprint density at radius 3 is 2.79 bits per heavy atom. The topological polar surface area (TPSA) is 96.8 Å². The summed E-state index contributed by atoms with van der Waals surface area (Å²) < 4.78 is 2.11. The van der Waals surface area contributed by atoms with Gasteiger partial charge in [0.15, 0.2) is 0 Å². The van der Waals surface area contributed by atoms with Gasteiger partial charge in [0.05, 0.1) is 18.6 Å². The van der Waals surface area contributed by atoms with Gasteiger partial charge < -0.3 is 9.88 Å². The Balaban J connectivity index is 1.32. The van der Waals surface area contributed by atoms with Crippen molar-refractivity contribution < 1.29 is 4.79 Å². The Bertz CT molecular complexity index is 1100. The molecule has 3 heterocycles. The minimum absolute atomic E-state index is 0.0494. The third-order valence-electron chi connectivity index (χ3n) is 5.64. The van der Waals surface area contributed by atoms with E-state index >= 15 is 0 Å². The smallest absolute Gasteiger partial charge is 0.254 e. The number of hydrogen-bond donors (Lipinski definition) is 1. The summed E-state index contributed by atoms with van der Waals surface area (Å²) >= 11 is 0. The molecule has 0 unspecified atom stereocenters. The van der Waals surface area contributed by atoms with E-state index in [2.05, 4.69) is 24.7 Å². The molecule has 0 saturated heterocycles. The molecule has 5 rings (SSSR count). The van der Waals surface area contributed by atoms with Gasteiger partial charge in [0.1, 0.15) is 11.6 Å². The Hall–Kier alpha value is -3.29. The van der Waals surface area contributed by atoms with Crippen molar-refractivity contribution in [1.29, 1.82) is 0 Å². The highest BCUT2D eigenvalue weighted by Crippen LogP contribution is 2.40. The van der Waals surface area contributed by atoms with Gasteiger partial charge in [0, 0.05) is 36.6 Å². The summed E-state index contributed by atoms with van der Waals surface area (Å²) in [7, 11) is 0. The SMILES string of the molecule is O=C(CCc1nnc(C2CC2)n1-c1ccccc1)N1CCc2c(nc[nH]c2=O)C1. The molecule has 2 aliphatic rings. The normalized spacial score (nSPS) is 15.9. The first-order valence-electron chi connectivity index (χ1n) is 10.0. The van der Waals surface area contributed by atoms with E-state index in [0.717, 1.165) is 30.2 Å². The molecule has 0 bridgehead atoms. The molecule has 1 aliphatic carbocycles. The summed E-state index contributed by atoms with van der Waals surface area (Å²) in [4.78, 5) is 33.3. The van der Waals surface area contributed by atoms with Crippen molar-refractivity contribution in [3.05, 3.63) is 69.9 Å². The van der Waals surface area contributed by atoms with E-state index in [4.69, 9.17) is 0 Å². The maximum atomic E-state index is 12.8. The van der Waals surface area contributed by atoms with E-state index < -0.39 is 0 Å². The number of carbonyl (C=O) groups is 1. The van der Waals surface area contributed by atoms with E-state index in [0.29, 0.717) is 49.5 Å². The van der Waals surface area contributed by atoms with Crippen molar-refractivity contribution in [2.75, 3.05) is 6.54 Å². The van der Waals surface area contributed by atoms with Gasteiger partial charge in [-0.25, -0.2) is 4.98 Å². The predicted octanol–water partition coefficient (Wildman–Crippen LogP) is 1.75. The van der Waals surface area contributed by atoms with Gasteiger partial charge >= 0.3 is 0 Å². The minimum Gasteiger partial charge on any atom is -0.336 e. The number of benzene rings is 1. The van der Waals surface area contributed by atoms with Crippen molar-refractivity contribution >= 4 is 5.91 Å². The van der Waals surface area contributed by atoms with Crippen molar-refractivity contribution in [2.24, 2.45) is 0 Å². The number of para-hydroxylation sites is 1. The molecule has 0 radical (unpaired) electrons. The van der Waals surface area contributed by atoms with Crippen LogP contribution in [0.2, 0.25) is 0 Å². The molecule has 0 spiro atoms. The van der Waals surface area contributed by atoms with E-state index in [1.54, 1.807) is 4.90 Å². The lowest BCUT2D eigenvalue weighted by molar-refractivity contribution is -0.132. The van der Waals surface area contributed by atoms with Gasteiger partial charge in [0.2, 0.25) is 5.91 Å². The van der Waals surface area contributed by atoms with Crippen molar-refractivity contribution in [2.45, 2.75) is 44.6 Å². The third kappa shape index (κ3) is 3.46. The Morgan fingerprint density at radius 2 is 2.00 bits per heavy atom. The molecule has 8 nitrogen and oxygen atoms in total. The zero-order valence-corrected chi connectivity index (χ0v) is 16.0. The van der Waals surface area contributed by atoms with E-state index in [-0.39, 0.29) is 11.5 Å². The largest absolute Gasteiger partial charge is 0.336 e. The summed E-state index contributed by atoms with van der Waals surface area (Å²) in [6.45, 7) is 0.927. The second-order valence-electron chi connectivity index (χ2n) is 7.64. The maximum absolute atomic E-state index is 12.8. The average Bonchev–Trinajstić information content (AvgIpc) is 3.52. The number of rotatable bonds is 5. The molecule has 29 heavy (non-hydrogen) atoms. The number of aromatic nitrogens is 5. The molecule has 148 valence electrons. The van der Waals surface area contributed by atoms with Crippen LogP contribution in [0.4, 0.5) is 0 Å². The summed E-state index contributed by atoms with van der Waals surface area (Å²) in [5.41, 5.74) is 2.31. The number of H-pyrrole nitrogens is 1. The van der Waals surface area contributed by atoms with Gasteiger partial charge in [-0.15, -0.1) is 10.2 Å². The summed E-state index contributed by atoms with van der Waals surface area (Å²) in [5.74, 6) is 2.33. The minimum atomic E-state index is -0.106. The number of aryl methyl sites for hydroxylation is 1. The standard InChI is InChI=1S/C21H22N6O2/c28-19(26-11-10-16-17(12-26)22-13-23-21(16)29)9-8-18-24-25-20(14-6-7-14)27(18)15-4-2-1-3-5-15/h1-5,13-14H,6-12H2,(H,22,23,29). The van der Waals surface area contributed by atoms with Gasteiger partial charge in [-0.2, -0.15) is 0 Å². The quantitative estimate of drug-likeness (QED) is 0.716. The van der Waals surface area contributed by atoms with Crippen molar-refractivity contribution in [3.63, 3.8) is 0 Å². The second-order valence-corrected chi connectivity index (χ2v) is 7.64. The number of fused-ring (bicyclic) bond motifs is 1. The van der Waals surface area contributed by atoms with Crippen LogP contribution in [-0.2, 0) is 24.2 Å². The van der Waals surface area contributed by atoms with E-state index in [1.807, 2.05) is 30.3 Å². The molecule has 1 amide bonds. The number of amides is 1. The molecule has 8 heteroatoms. The lowest BCUT2D eigenvalue weighted by atomic mass is 10.1. The summed E-state index contributed by atoms with van der Waals surface area (Å²) in [6, 6.07) is 10.1. The highest BCUT2D eigenvalue weighted by molar-refractivity contribution is 5.76. The molecule has 1 aliphatic heterocycles. The first-order valence-corrected chi connectivity index (χ1v) is 10.0. The van der Waals surface area contributed by atoms with Crippen LogP contribution in [0.5, 0.6) is 0 Å². The van der Waals surface area contributed by atoms with Crippen LogP contribution >= 0.6 is 0 Å². The molecule has 0 atom stereocenters. The third-order valence-corrected chi connectivity index (χ3v) is 5.64. The zero-order valence-electron chi connectivity index (χ0n) is 16.0. The maximum Gasteiger partial charge on any atom is 0.254 e. The van der Waals surface area contributed by atoms with Gasteiger partial charge in [-0.1, -0.05) is 18.2 Å². The Morgan fingerprint density at radius 1 is 1.17 bits per heavy atom. The van der Waals surface area contributed by atoms with Crippen molar-refractivity contribution in [3.8, 4) is 5.69 Å². The Labute approximate surface area is 167 Å². The average molecular weight is 390 g/mol. The monoisotopic (exact) mass is 390 g/mol. The van der Waals surface area contributed by atoms with E-state index in [1.165, 1.54) is 6.33 Å². The van der Waals surface area contributed by atoms with Crippen LogP contribution in [0.25, 0.3) is 5.69 Å². The number of carbonyl (C=O) groups excluding carboxylic acids is 1. The zero-order chi connectivity index (χ0) is 19.8. The van der Waals surface area contributed by atoms with Gasteiger partial charge in [-0.3, -0.25) is 14.2 Å². The fraction of sp³-hybridized carbons (Fsp3) is 0.381. The van der Waals surface area contributed by atoms with Crippen LogP contribution in [0.3, 0.4) is 0 Å². The van der Waals surface area contributed by atoms with Crippen molar-refractivity contribution in [1.82, 2.24) is 29.6 Å². The molecule has 1 saturated carbocycles. The molecule has 1 fully saturated rings. The first kappa shape index (κ1) is 17.8. The molecule has 2 aromatic heterocycles. The van der Waals surface area contributed by atoms with Crippen LogP contribution in [0.1, 0.15) is 48.1 Å². The van der Waals surface area contributed by atoms with Crippen LogP contribution < -0.4 is 5.56 Å². The van der Waals surface area contributed by atoms with E-state index in [9.17, 15) is 9.59 Å². The molecule has 1 aromatic carbocycles. The highest BCUT2D eigenvalue weighted by Gasteiger charge is 2.31. The molecular weight excluding hydrogens is 368 g/mol. The lowest BCUT2D eigenvalue weighted by Gasteiger charge is -2.27. The van der Waals surface area contributed by atoms with Gasteiger partial charge in [-0.05, 0) is 31.4 Å². The van der Waals surface area contributed by atoms with Gasteiger partial charge in [0.25, 0.3) is 5.56 Å². The highest BCUT2D eigenvalue weighted by atomic mass is 16.2. The lowest BCUT2D eigenvalue weighted by Crippen LogP contribution is -2.39. The number of nitrogens with zero attached hydrogens (tertiary/aromatic N) is 5. The van der Waals surface area contributed by atoms with Crippen LogP contribution in [0.15, 0.2) is 41.5 Å². The first-order chi connectivity index (χ1) is 14.2. The predicted molar refractivity (Wildman–Crippen MR) is 106 cm³/mol. The number of aromatic amines is 1. The number of hydrogen-bond acceptors (Lipinski definition) is 5.